The van der Waals surface area contributed by atoms with Crippen LogP contribution in [-0.4, -0.2) is 89.7 Å². The molecule has 3 heterocycles. The van der Waals surface area contributed by atoms with Crippen molar-refractivity contribution in [1.82, 2.24) is 10.2 Å². The summed E-state index contributed by atoms with van der Waals surface area (Å²) in [6.45, 7) is -1.27. The minimum Gasteiger partial charge on any atom is -0.415 e. The van der Waals surface area contributed by atoms with E-state index in [0.717, 1.165) is 45.0 Å². The SMILES string of the molecule is NCC(=O)c1ccc(CN(c2cccc(F)c2)S(=O)(=O)C2CCS(=O)(=O)CC2)c(F)c1.O=S1(=O)CCC(S(=O)(=O)N(Cc2ccc(-c3nnc(C(F)F)o3)cc2F)c2cccc(F)c2)CC1. The molecule has 0 amide bonds. The van der Waals surface area contributed by atoms with Crippen LogP contribution in [0.1, 0.15) is 59.5 Å². The number of rotatable bonds is 14. The molecule has 0 radical (unpaired) electrons. The lowest BCUT2D eigenvalue weighted by atomic mass is 10.1. The third-order valence-corrected chi connectivity index (χ3v) is 18.7. The molecule has 2 fully saturated rings. The van der Waals surface area contributed by atoms with Crippen molar-refractivity contribution in [2.45, 2.75) is 55.7 Å². The average Bonchev–Trinajstić information content (AvgIpc) is 3.76. The number of ketones is 1. The monoisotopic (exact) mass is 1010 g/mol. The maximum absolute atomic E-state index is 15.0. The molecule has 0 bridgehead atoms. The average molecular weight is 1010 g/mol. The Bertz CT molecular complexity index is 3020. The van der Waals surface area contributed by atoms with Crippen molar-refractivity contribution in [3.8, 4) is 11.5 Å². The van der Waals surface area contributed by atoms with Gasteiger partial charge in [-0.2, -0.15) is 8.78 Å². The van der Waals surface area contributed by atoms with Crippen molar-refractivity contribution in [3.05, 3.63) is 131 Å². The molecule has 0 unspecified atom stereocenters. The number of halogens is 6. The van der Waals surface area contributed by atoms with E-state index < -0.39 is 105 Å². The fourth-order valence-electron chi connectivity index (χ4n) is 7.14. The molecule has 25 heteroatoms. The summed E-state index contributed by atoms with van der Waals surface area (Å²) in [7, 11) is -15.0. The molecule has 15 nitrogen and oxygen atoms in total. The number of anilines is 2. The van der Waals surface area contributed by atoms with Crippen molar-refractivity contribution in [1.29, 1.82) is 0 Å². The molecule has 2 aliphatic rings. The number of nitrogens with two attached hydrogens (primary N) is 1. The van der Waals surface area contributed by atoms with Gasteiger partial charge >= 0.3 is 6.43 Å². The van der Waals surface area contributed by atoms with Gasteiger partial charge < -0.3 is 10.2 Å². The van der Waals surface area contributed by atoms with Crippen LogP contribution in [0.2, 0.25) is 0 Å². The van der Waals surface area contributed by atoms with Gasteiger partial charge in [0.1, 0.15) is 42.9 Å². The Kier molecular flexibility index (Phi) is 15.4. The molecular formula is C41H41F6N5O10S4. The van der Waals surface area contributed by atoms with Gasteiger partial charge in [0.15, 0.2) is 5.78 Å². The molecule has 0 saturated carbocycles. The van der Waals surface area contributed by atoms with E-state index in [1.54, 1.807) is 0 Å². The van der Waals surface area contributed by atoms with Gasteiger partial charge in [-0.3, -0.25) is 13.4 Å². The molecule has 0 atom stereocenters. The molecule has 7 rings (SSSR count). The minimum absolute atomic E-state index is 0.00306. The number of benzene rings is 4. The van der Waals surface area contributed by atoms with Crippen molar-refractivity contribution >= 4 is 56.9 Å². The summed E-state index contributed by atoms with van der Waals surface area (Å²) in [6.07, 6.45) is -3.46. The number of nitrogens with zero attached hydrogens (tertiary/aromatic N) is 4. The predicted molar refractivity (Wildman–Crippen MR) is 231 cm³/mol. The van der Waals surface area contributed by atoms with Crippen LogP contribution >= 0.6 is 0 Å². The first-order valence-corrected chi connectivity index (χ1v) is 26.5. The minimum atomic E-state index is -4.22. The van der Waals surface area contributed by atoms with Crippen LogP contribution in [0.4, 0.5) is 37.7 Å². The summed E-state index contributed by atoms with van der Waals surface area (Å²) in [6, 6.07) is 16.7. The molecule has 2 saturated heterocycles. The van der Waals surface area contributed by atoms with E-state index in [0.29, 0.717) is 0 Å². The van der Waals surface area contributed by atoms with E-state index in [1.165, 1.54) is 48.5 Å². The van der Waals surface area contributed by atoms with Gasteiger partial charge in [-0.25, -0.2) is 51.2 Å². The van der Waals surface area contributed by atoms with Crippen molar-refractivity contribution in [3.63, 3.8) is 0 Å². The van der Waals surface area contributed by atoms with Crippen LogP contribution in [0.15, 0.2) is 89.3 Å². The van der Waals surface area contributed by atoms with Gasteiger partial charge in [0.05, 0.1) is 64.5 Å². The number of Topliss-reactive ketones (excluding diaryl/α,β-unsaturated/α-hetero) is 1. The van der Waals surface area contributed by atoms with Crippen LogP contribution in [0, 0.1) is 23.3 Å². The van der Waals surface area contributed by atoms with Crippen LogP contribution in [0.5, 0.6) is 0 Å². The van der Waals surface area contributed by atoms with Gasteiger partial charge in [0.2, 0.25) is 25.9 Å². The lowest BCUT2D eigenvalue weighted by molar-refractivity contribution is 0.100. The summed E-state index contributed by atoms with van der Waals surface area (Å²) in [4.78, 5) is 11.7. The van der Waals surface area contributed by atoms with Crippen LogP contribution in [-0.2, 0) is 52.8 Å². The molecule has 0 aliphatic carbocycles. The number of hydrogen-bond donors (Lipinski definition) is 1. The maximum Gasteiger partial charge on any atom is 0.314 e. The molecule has 4 aromatic carbocycles. The Morgan fingerprint density at radius 2 is 1.12 bits per heavy atom. The quantitative estimate of drug-likeness (QED) is 0.101. The van der Waals surface area contributed by atoms with E-state index in [2.05, 4.69) is 10.2 Å². The molecule has 356 valence electrons. The van der Waals surface area contributed by atoms with E-state index in [1.807, 2.05) is 0 Å². The third kappa shape index (κ3) is 12.0. The fourth-order valence-corrected chi connectivity index (χ4v) is 14.6. The van der Waals surface area contributed by atoms with Crippen molar-refractivity contribution in [2.75, 3.05) is 38.2 Å². The van der Waals surface area contributed by atoms with E-state index in [-0.39, 0.29) is 94.8 Å². The zero-order valence-corrected chi connectivity index (χ0v) is 37.7. The molecule has 2 aliphatic heterocycles. The summed E-state index contributed by atoms with van der Waals surface area (Å²) >= 11 is 0. The topological polar surface area (TPSA) is 225 Å². The highest BCUT2D eigenvalue weighted by molar-refractivity contribution is 7.94. The number of sulfonamides is 2. The van der Waals surface area contributed by atoms with E-state index in [4.69, 9.17) is 10.2 Å². The second kappa shape index (κ2) is 20.2. The maximum atomic E-state index is 15.0. The molecule has 0 spiro atoms. The molecular weight excluding hydrogens is 965 g/mol. The Labute approximate surface area is 376 Å². The zero-order chi connectivity index (χ0) is 48.2. The standard InChI is InChI=1S/C21H19F4N3O5S2.C20H22F2N2O5S2/c22-15-2-1-3-16(11-15)28(35(31,32)17-6-8-34(29,30)9-7-17)12-14-5-4-13(10-18(14)23)20-26-27-21(33-20)19(24)25;21-16-2-1-3-17(11-16)24(31(28,29)18-6-8-30(26,27)9-7-18)13-15-5-4-14(10-19(15)22)20(25)12-23/h1-5,10-11,17,19H,6-9,12H2;1-5,10-11,18H,6-9,12-13,23H2. The highest BCUT2D eigenvalue weighted by Gasteiger charge is 2.39. The molecule has 1 aromatic heterocycles. The second-order valence-electron chi connectivity index (χ2n) is 15.3. The lowest BCUT2D eigenvalue weighted by Crippen LogP contribution is -2.42. The number of alkyl halides is 2. The van der Waals surface area contributed by atoms with Crippen LogP contribution in [0.3, 0.4) is 0 Å². The number of carbonyl (C=O) groups is 1. The summed E-state index contributed by atoms with van der Waals surface area (Å²) in [5.74, 6) is -5.96. The van der Waals surface area contributed by atoms with E-state index >= 15 is 0 Å². The number of aromatic nitrogens is 2. The van der Waals surface area contributed by atoms with Gasteiger partial charge in [-0.05, 0) is 80.3 Å². The number of carbonyl (C=O) groups excluding carboxylic acids is 1. The highest BCUT2D eigenvalue weighted by atomic mass is 32.2. The molecule has 5 aromatic rings. The lowest BCUT2D eigenvalue weighted by Gasteiger charge is -2.31. The predicted octanol–water partition coefficient (Wildman–Crippen LogP) is 5.89. The summed E-state index contributed by atoms with van der Waals surface area (Å²) < 4.78 is 190. The fraction of sp³-hybridized carbons (Fsp3) is 0.341. The van der Waals surface area contributed by atoms with Crippen LogP contribution in [0.25, 0.3) is 11.5 Å². The first kappa shape index (κ1) is 50.1. The second-order valence-corrected chi connectivity index (χ2v) is 24.1. The van der Waals surface area contributed by atoms with E-state index in [9.17, 15) is 64.8 Å². The Morgan fingerprint density at radius 3 is 1.52 bits per heavy atom. The van der Waals surface area contributed by atoms with Gasteiger partial charge in [0.25, 0.3) is 5.89 Å². The third-order valence-electron chi connectivity index (χ3n) is 10.8. The van der Waals surface area contributed by atoms with Gasteiger partial charge in [-0.1, -0.05) is 30.3 Å². The van der Waals surface area contributed by atoms with Crippen molar-refractivity contribution < 1.29 is 69.2 Å². The smallest absolute Gasteiger partial charge is 0.314 e. The zero-order valence-electron chi connectivity index (χ0n) is 34.4. The Balaban J connectivity index is 0.000000220. The molecule has 66 heavy (non-hydrogen) atoms. The molecule has 2 N–H and O–H groups in total. The van der Waals surface area contributed by atoms with Crippen LogP contribution < -0.4 is 14.3 Å². The van der Waals surface area contributed by atoms with Gasteiger partial charge in [-0.15, -0.1) is 10.2 Å². The van der Waals surface area contributed by atoms with Gasteiger partial charge in [0, 0.05) is 22.3 Å². The first-order chi connectivity index (χ1) is 31.0. The number of hydrogen-bond acceptors (Lipinski definition) is 13. The summed E-state index contributed by atoms with van der Waals surface area (Å²) in [5, 5.41) is 4.58. The highest BCUT2D eigenvalue weighted by Crippen LogP contribution is 2.33. The largest absolute Gasteiger partial charge is 0.415 e. The summed E-state index contributed by atoms with van der Waals surface area (Å²) in [5.41, 5.74) is 5.16. The van der Waals surface area contributed by atoms with Crippen molar-refractivity contribution in [2.24, 2.45) is 5.73 Å². The first-order valence-electron chi connectivity index (χ1n) is 19.9. The Hall–Kier alpha value is -5.37. The number of sulfone groups is 2. The normalized spacial score (nSPS) is 16.6. The Morgan fingerprint density at radius 1 is 0.667 bits per heavy atom.